The van der Waals surface area contributed by atoms with E-state index in [4.69, 9.17) is 14.2 Å². The molecule has 6 fully saturated rings. The molecule has 5 nitrogen and oxygen atoms in total. The molecule has 0 spiro atoms. The Labute approximate surface area is 468 Å². The average Bonchev–Trinajstić information content (AvgIpc) is 4.08. The van der Waals surface area contributed by atoms with Crippen molar-refractivity contribution in [1.82, 2.24) is 0 Å². The summed E-state index contributed by atoms with van der Waals surface area (Å²) in [4.78, 5) is 0. The van der Waals surface area contributed by atoms with Gasteiger partial charge in [0, 0.05) is 33.0 Å². The van der Waals surface area contributed by atoms with Crippen LogP contribution in [-0.4, -0.2) is 49.9 Å². The Balaban J connectivity index is 0.000000131. The highest BCUT2D eigenvalue weighted by Gasteiger charge is 2.58. The molecule has 0 amide bonds. The van der Waals surface area contributed by atoms with Crippen molar-refractivity contribution in [3.05, 3.63) is 106 Å². The standard InChI is InChI=1S/2C24H36O2.C24H34O/c2*1-4-12-26-13-10-18-5-8-22-23-16(2)14-17-15-19(25)6-7-20(17)21(23)9-11-24(18,22)3;1-4-14-25-15-12-19-9-10-22-23-17(2)16-18-7-5-6-8-20(18)21(23)11-13-24(19,22)3/h2*6-7,15-16,18,21-23,25H,4-5,8-14H2,1-3H3;5-8,12,17,21-23H,4,9-11,13-16H2,1-3H3/b;;19-12+/t2*16-,18-,21?,22?,23?,24-;17-,21?,22?,23?,24-/m111/s1. The molecule has 77 heavy (non-hydrogen) atoms. The van der Waals surface area contributed by atoms with Crippen molar-refractivity contribution < 1.29 is 24.4 Å². The van der Waals surface area contributed by atoms with Gasteiger partial charge in [-0.1, -0.05) is 110 Å². The Morgan fingerprint density at radius 2 is 0.948 bits per heavy atom. The molecule has 9 aliphatic carbocycles. The minimum absolute atomic E-state index is 0.428. The normalized spacial score (nSPS) is 38.4. The van der Waals surface area contributed by atoms with Crippen LogP contribution >= 0.6 is 0 Å². The lowest BCUT2D eigenvalue weighted by Gasteiger charge is -2.53. The third kappa shape index (κ3) is 11.2. The second kappa shape index (κ2) is 24.5. The molecule has 0 radical (unpaired) electrons. The van der Waals surface area contributed by atoms with Crippen LogP contribution in [0.15, 0.2) is 72.3 Å². The minimum Gasteiger partial charge on any atom is -0.508 e. The third-order valence-electron chi connectivity index (χ3n) is 24.1. The van der Waals surface area contributed by atoms with E-state index in [0.29, 0.717) is 39.6 Å². The summed E-state index contributed by atoms with van der Waals surface area (Å²) in [5, 5.41) is 19.8. The molecule has 9 unspecified atom stereocenters. The van der Waals surface area contributed by atoms with E-state index in [1.165, 1.54) is 107 Å². The Morgan fingerprint density at radius 3 is 1.47 bits per heavy atom. The predicted molar refractivity (Wildman–Crippen MR) is 318 cm³/mol. The van der Waals surface area contributed by atoms with Crippen LogP contribution in [0, 0.1) is 81.3 Å². The number of benzene rings is 3. The van der Waals surface area contributed by atoms with Gasteiger partial charge in [-0.05, 0) is 285 Å². The zero-order chi connectivity index (χ0) is 54.1. The smallest absolute Gasteiger partial charge is 0.115 e. The molecule has 17 atom stereocenters. The maximum Gasteiger partial charge on any atom is 0.115 e. The number of hydrogen-bond donors (Lipinski definition) is 2. The first-order valence-corrected chi connectivity index (χ1v) is 32.4. The van der Waals surface area contributed by atoms with Crippen LogP contribution in [0.3, 0.4) is 0 Å². The molecule has 2 N–H and O–H groups in total. The van der Waals surface area contributed by atoms with Gasteiger partial charge >= 0.3 is 0 Å². The Bertz CT molecular complexity index is 2350. The fourth-order valence-electron chi connectivity index (χ4n) is 20.5. The van der Waals surface area contributed by atoms with Gasteiger partial charge < -0.3 is 24.4 Å². The van der Waals surface area contributed by atoms with E-state index >= 15 is 0 Å². The summed E-state index contributed by atoms with van der Waals surface area (Å²) < 4.78 is 17.4. The monoisotopic (exact) mass is 1050 g/mol. The van der Waals surface area contributed by atoms with E-state index in [-0.39, 0.29) is 0 Å². The zero-order valence-electron chi connectivity index (χ0n) is 49.9. The highest BCUT2D eigenvalue weighted by Crippen LogP contribution is 2.67. The van der Waals surface area contributed by atoms with Gasteiger partial charge in [-0.15, -0.1) is 0 Å². The quantitative estimate of drug-likeness (QED) is 0.124. The summed E-state index contributed by atoms with van der Waals surface area (Å²) >= 11 is 0. The van der Waals surface area contributed by atoms with Crippen LogP contribution in [0.5, 0.6) is 11.5 Å². The summed E-state index contributed by atoms with van der Waals surface area (Å²) in [6.45, 7) is 27.2. The van der Waals surface area contributed by atoms with E-state index in [1.54, 1.807) is 27.8 Å². The molecule has 3 aromatic carbocycles. The first-order valence-electron chi connectivity index (χ1n) is 32.4. The topological polar surface area (TPSA) is 68.2 Å². The van der Waals surface area contributed by atoms with Crippen LogP contribution in [0.25, 0.3) is 0 Å². The summed E-state index contributed by atoms with van der Waals surface area (Å²) in [7, 11) is 0. The fraction of sp³-hybridized carbons (Fsp3) is 0.722. The number of aromatic hydroxyl groups is 2. The van der Waals surface area contributed by atoms with Gasteiger partial charge in [0.2, 0.25) is 0 Å². The minimum atomic E-state index is 0.428. The number of fused-ring (bicyclic) bond motifs is 15. The van der Waals surface area contributed by atoms with Crippen molar-refractivity contribution in [1.29, 1.82) is 0 Å². The Hall–Kier alpha value is -3.12. The van der Waals surface area contributed by atoms with E-state index in [9.17, 15) is 10.2 Å². The Kier molecular flexibility index (Phi) is 18.2. The average molecular weight is 1050 g/mol. The molecular weight excluding hydrogens is 945 g/mol. The molecule has 9 aliphatic rings. The van der Waals surface area contributed by atoms with E-state index in [1.807, 2.05) is 24.3 Å². The third-order valence-corrected chi connectivity index (χ3v) is 24.1. The molecule has 424 valence electrons. The molecule has 3 aromatic rings. The molecule has 12 rings (SSSR count). The zero-order valence-corrected chi connectivity index (χ0v) is 49.9. The summed E-state index contributed by atoms with van der Waals surface area (Å²) in [6, 6.07) is 21.6. The summed E-state index contributed by atoms with van der Waals surface area (Å²) in [5.41, 5.74) is 12.4. The lowest BCUT2D eigenvalue weighted by molar-refractivity contribution is -0.00423. The first-order chi connectivity index (χ1) is 37.2. The second-order valence-electron chi connectivity index (χ2n) is 28.1. The number of hydrogen-bond acceptors (Lipinski definition) is 5. The van der Waals surface area contributed by atoms with Crippen LogP contribution in [0.4, 0.5) is 0 Å². The van der Waals surface area contributed by atoms with Crippen LogP contribution in [-0.2, 0) is 33.5 Å². The first kappa shape index (κ1) is 57.1. The van der Waals surface area contributed by atoms with Crippen molar-refractivity contribution in [3.8, 4) is 11.5 Å². The van der Waals surface area contributed by atoms with Crippen molar-refractivity contribution in [2.75, 3.05) is 39.6 Å². The molecule has 0 aromatic heterocycles. The molecule has 0 saturated heterocycles. The number of allylic oxidation sites excluding steroid dienone is 1. The van der Waals surface area contributed by atoms with E-state index < -0.39 is 0 Å². The van der Waals surface area contributed by atoms with Crippen LogP contribution in [0.1, 0.15) is 223 Å². The summed E-state index contributed by atoms with van der Waals surface area (Å²) in [5.74, 6) is 12.2. The number of phenolic OH excluding ortho intramolecular Hbond substituents is 2. The molecule has 0 heterocycles. The molecule has 6 saturated carbocycles. The molecule has 5 heteroatoms. The molecule has 0 aliphatic heterocycles. The largest absolute Gasteiger partial charge is 0.508 e. The van der Waals surface area contributed by atoms with Crippen molar-refractivity contribution >= 4 is 0 Å². The van der Waals surface area contributed by atoms with Gasteiger partial charge in [-0.2, -0.15) is 0 Å². The van der Waals surface area contributed by atoms with Gasteiger partial charge in [0.15, 0.2) is 0 Å². The molecular formula is C72H106O5. The van der Waals surface area contributed by atoms with Gasteiger partial charge in [0.1, 0.15) is 11.5 Å². The van der Waals surface area contributed by atoms with E-state index in [2.05, 4.69) is 105 Å². The van der Waals surface area contributed by atoms with Gasteiger partial charge in [-0.25, -0.2) is 0 Å². The molecule has 0 bridgehead atoms. The maximum absolute atomic E-state index is 9.91. The van der Waals surface area contributed by atoms with Gasteiger partial charge in [0.05, 0.1) is 6.61 Å². The Morgan fingerprint density at radius 1 is 0.494 bits per heavy atom. The number of phenols is 2. The number of ether oxygens (including phenoxy) is 3. The highest BCUT2D eigenvalue weighted by molar-refractivity contribution is 5.42. The predicted octanol–water partition coefficient (Wildman–Crippen LogP) is 18.0. The lowest BCUT2D eigenvalue weighted by atomic mass is 9.51. The van der Waals surface area contributed by atoms with Crippen molar-refractivity contribution in [2.24, 2.45) is 81.3 Å². The van der Waals surface area contributed by atoms with Gasteiger partial charge in [-0.3, -0.25) is 0 Å². The van der Waals surface area contributed by atoms with Crippen molar-refractivity contribution in [2.45, 2.75) is 208 Å². The lowest BCUT2D eigenvalue weighted by Crippen LogP contribution is -2.45. The highest BCUT2D eigenvalue weighted by atomic mass is 16.5. The fourth-order valence-corrected chi connectivity index (χ4v) is 20.5. The summed E-state index contributed by atoms with van der Waals surface area (Å²) in [6.07, 6.45) is 28.3. The van der Waals surface area contributed by atoms with Crippen molar-refractivity contribution in [3.63, 3.8) is 0 Å². The van der Waals surface area contributed by atoms with E-state index in [0.717, 1.165) is 143 Å². The van der Waals surface area contributed by atoms with Crippen LogP contribution < -0.4 is 0 Å². The van der Waals surface area contributed by atoms with Gasteiger partial charge in [0.25, 0.3) is 0 Å². The van der Waals surface area contributed by atoms with Crippen LogP contribution in [0.2, 0.25) is 0 Å². The number of rotatable bonds is 14. The maximum atomic E-state index is 9.91. The SMILES string of the molecule is CCCOC/C=C1\CCC2C3C(CC[C@]12C)c1ccccc1C[C@H]3C.CCCOCC[C@H]1CCC2C3C(CC[C@@]21C)c1ccc(O)cc1C[C@H]3C.CCCOCC[C@H]1CCC2C3C(CC[C@@]21C)c1ccc(O)cc1C[C@H]3C. The second-order valence-corrected chi connectivity index (χ2v) is 28.1.